The smallest absolute Gasteiger partial charge is 0.220 e. The number of nitrogens with zero attached hydrogens (tertiary/aromatic N) is 3. The van der Waals surface area contributed by atoms with Gasteiger partial charge in [-0.3, -0.25) is 14.4 Å². The maximum absolute atomic E-state index is 13.8. The topological polar surface area (TPSA) is 192 Å². The fraction of sp³-hybridized carbons (Fsp3) is 0.800. The highest BCUT2D eigenvalue weighted by Crippen LogP contribution is 2.79. The normalized spacial score (nSPS) is 44.5. The van der Waals surface area contributed by atoms with E-state index in [0.717, 1.165) is 153 Å². The first-order valence-corrected chi connectivity index (χ1v) is 48.3. The van der Waals surface area contributed by atoms with Crippen molar-refractivity contribution >= 4 is 30.0 Å². The molecule has 8 saturated carbocycles. The highest BCUT2D eigenvalue weighted by molar-refractivity contribution is 5.85. The van der Waals surface area contributed by atoms with Crippen molar-refractivity contribution < 1.29 is 52.0 Å². The molecule has 10 aliphatic carbocycles. The van der Waals surface area contributed by atoms with Gasteiger partial charge in [0, 0.05) is 40.5 Å². The van der Waals surface area contributed by atoms with Crippen molar-refractivity contribution in [1.29, 1.82) is 0 Å². The van der Waals surface area contributed by atoms with Gasteiger partial charge in [0.05, 0.1) is 41.8 Å². The Balaban J connectivity index is 0.000000225. The Kier molecular flexibility index (Phi) is 27.0. The number of carbonyl (C=O) groups is 5. The molecule has 2 aliphatic heterocycles. The number of hydrogen-bond donors (Lipinski definition) is 1. The van der Waals surface area contributed by atoms with E-state index in [9.17, 15) is 28.4 Å². The number of ether oxygens (including phenoxy) is 5. The predicted molar refractivity (Wildman–Crippen MR) is 477 cm³/mol. The second-order valence-corrected chi connectivity index (χ2v) is 46.1. The predicted octanol–water partition coefficient (Wildman–Crippen LogP) is 25.8. The fourth-order valence-electron chi connectivity index (χ4n) is 30.7. The maximum Gasteiger partial charge on any atom is 0.220 e. The van der Waals surface area contributed by atoms with E-state index in [2.05, 4.69) is 178 Å². The highest BCUT2D eigenvalue weighted by atomic mass is 19.1. The van der Waals surface area contributed by atoms with E-state index in [-0.39, 0.29) is 126 Å². The van der Waals surface area contributed by atoms with Gasteiger partial charge in [0.15, 0.2) is 12.6 Å². The molecule has 14 rings (SSSR count). The Morgan fingerprint density at radius 1 is 0.508 bits per heavy atom. The Morgan fingerprint density at radius 2 is 0.925 bits per heavy atom. The zero-order chi connectivity index (χ0) is 87.1. The highest BCUT2D eigenvalue weighted by Gasteiger charge is 2.74. The second-order valence-electron chi connectivity index (χ2n) is 46.1. The molecule has 10 fully saturated rings. The number of ketones is 2. The van der Waals surface area contributed by atoms with Gasteiger partial charge in [-0.25, -0.2) is 4.39 Å². The average molecular weight is 1660 g/mol. The van der Waals surface area contributed by atoms with Crippen molar-refractivity contribution in [3.05, 3.63) is 93.7 Å². The number of allylic oxidation sites excluding steroid dienone is 4. The summed E-state index contributed by atoms with van der Waals surface area (Å²) in [7, 11) is 0. The first kappa shape index (κ1) is 92.6. The molecule has 0 bridgehead atoms. The summed E-state index contributed by atoms with van der Waals surface area (Å²) in [6.45, 7) is 52.1. The molecular weight excluding hydrogens is 1500 g/mol. The molecule has 0 radical (unpaired) electrons. The van der Waals surface area contributed by atoms with Crippen LogP contribution >= 0.6 is 0 Å². The van der Waals surface area contributed by atoms with E-state index in [4.69, 9.17) is 29.2 Å². The van der Waals surface area contributed by atoms with E-state index < -0.39 is 23.4 Å². The number of aldehydes is 2. The molecule has 0 spiro atoms. The number of rotatable bonds is 25. The summed E-state index contributed by atoms with van der Waals surface area (Å²) >= 11 is 0. The summed E-state index contributed by atoms with van der Waals surface area (Å²) in [4.78, 5) is 70.7. The number of amides is 1. The van der Waals surface area contributed by atoms with Crippen LogP contribution in [0.1, 0.15) is 331 Å². The monoisotopic (exact) mass is 1660 g/mol. The molecule has 2 aromatic carbocycles. The van der Waals surface area contributed by atoms with Gasteiger partial charge >= 0.3 is 0 Å². The lowest BCUT2D eigenvalue weighted by atomic mass is 9.32. The Labute approximate surface area is 723 Å². The minimum atomic E-state index is -0.644. The molecule has 15 heteroatoms. The van der Waals surface area contributed by atoms with Crippen LogP contribution in [0.25, 0.3) is 10.4 Å². The summed E-state index contributed by atoms with van der Waals surface area (Å²) in [5, 5.41) is 7.07. The molecule has 2 saturated heterocycles. The number of Topliss-reactive ketones (excluding diaryl/α,β-unsaturated/α-hetero) is 2. The molecule has 1 amide bonds. The van der Waals surface area contributed by atoms with Gasteiger partial charge < -0.3 is 38.6 Å². The van der Waals surface area contributed by atoms with Crippen LogP contribution in [0.2, 0.25) is 0 Å². The number of aryl methyl sites for hydroxylation is 1. The number of carbonyl (C=O) groups excluding carboxylic acids is 5. The summed E-state index contributed by atoms with van der Waals surface area (Å²) in [6.07, 6.45) is 35.4. The van der Waals surface area contributed by atoms with Crippen LogP contribution in [-0.4, -0.2) is 80.1 Å². The van der Waals surface area contributed by atoms with Gasteiger partial charge in [-0.1, -0.05) is 218 Å². The lowest BCUT2D eigenvalue weighted by Crippen LogP contribution is -2.67. The lowest BCUT2D eigenvalue weighted by molar-refractivity contribution is -0.293. The van der Waals surface area contributed by atoms with Gasteiger partial charge in [0.25, 0.3) is 0 Å². The SMILES string of the molecule is CC(=O)[C@]12CCC(C)(C)CC1C1=CCC3C4(C)CC[C@H](O[C@@H]5OC(CN=[N+]=[N-])[C@@H](C)[C@H](C)C5C)C(C)(C=O)[C@@H]4CC[C@@]3(C)[C@]1(C)CC2C.CC(=O)[C@]12CCC(C)(C)CC1C1=CCC3C4(C)CC[C@H](O[C@@H]5OC(CNC(=O)CCCCCCCCCCc6ccc(Oc7ccc(F)cc7)cc6)[C@@H](C)[C@H](C)C5C)C(C)(C=O)[C@@H]4CC[C@@]3(C)[C@]1(C)CC2C. The van der Waals surface area contributed by atoms with E-state index in [1.54, 1.807) is 23.3 Å². The number of fused-ring (bicyclic) bond motifs is 14. The largest absolute Gasteiger partial charge is 0.457 e. The first-order chi connectivity index (χ1) is 56.5. The summed E-state index contributed by atoms with van der Waals surface area (Å²) in [5.41, 5.74) is 12.4. The molecule has 666 valence electrons. The third-order valence-corrected chi connectivity index (χ3v) is 39.3. The molecule has 1 N–H and O–H groups in total. The Morgan fingerprint density at radius 3 is 1.36 bits per heavy atom. The zero-order valence-electron chi connectivity index (χ0n) is 78.5. The molecule has 2 aromatic rings. The van der Waals surface area contributed by atoms with E-state index >= 15 is 0 Å². The molecule has 30 atom stereocenters. The number of azide groups is 1. The van der Waals surface area contributed by atoms with Gasteiger partial charge in [0.1, 0.15) is 41.5 Å². The minimum Gasteiger partial charge on any atom is -0.457 e. The first-order valence-electron chi connectivity index (χ1n) is 48.3. The molecule has 14 unspecified atom stereocenters. The van der Waals surface area contributed by atoms with Crippen LogP contribution in [-0.2, 0) is 49.3 Å². The molecule has 12 aliphatic rings. The van der Waals surface area contributed by atoms with Gasteiger partial charge in [-0.15, -0.1) is 0 Å². The number of halogens is 1. The fourth-order valence-corrected chi connectivity index (χ4v) is 30.7. The van der Waals surface area contributed by atoms with Crippen molar-refractivity contribution in [3.63, 3.8) is 0 Å². The number of hydrogen-bond acceptors (Lipinski definition) is 11. The molecular formula is C105H159FN4O10. The zero-order valence-corrected chi connectivity index (χ0v) is 78.5. The van der Waals surface area contributed by atoms with E-state index in [1.807, 2.05) is 26.0 Å². The summed E-state index contributed by atoms with van der Waals surface area (Å²) in [6, 6.07) is 14.3. The molecule has 2 heterocycles. The van der Waals surface area contributed by atoms with Crippen LogP contribution in [0.4, 0.5) is 4.39 Å². The van der Waals surface area contributed by atoms with Crippen molar-refractivity contribution in [2.75, 3.05) is 13.1 Å². The Hall–Kier alpha value is -5.05. The van der Waals surface area contributed by atoms with Crippen LogP contribution in [0, 0.1) is 154 Å². The standard InChI is InChI=1S/C64H94FNO6.C41H65N3O4/c1-42-38-63(11)51(52-39-59(6,7)36-37-64(42,52)46(5)68)30-31-55-60(8)34-33-56(61(9,41-67)54(60)32-35-62(55,63)10)72-58-45(4)43(2)44(3)53(71-58)40-66-57(69)21-19-17-15-13-12-14-16-18-20-47-22-26-49(27-23-47)70-50-28-24-48(65)25-29-50;1-24-20-40(11)29(30-21-36(6,7)18-19-41(24,30)28(5)46)12-13-33-37(8)16-15-34(38(9,23-45)32(37)14-17-39(33,40)10)48-35-27(4)25(2)26(3)31(47-35)22-43-44-42/h22-30,41-45,52-56,58H,12-21,31-40H2,1-11H3,(H,66,69);12,23-27,30-35H,13-22H2,1-11H3/t42?,43-,44-,45?,52?,53?,54+,55?,56-,58-,60?,61?,62+,63+,64+;24?,25-,26-,27?,30?,31?,32+,33?,34-,35-,37?,38?,39+,40+,41+/m00/s1. The van der Waals surface area contributed by atoms with E-state index in [1.165, 1.54) is 56.0 Å². The van der Waals surface area contributed by atoms with Gasteiger partial charge in [-0.2, -0.15) is 0 Å². The third kappa shape index (κ3) is 16.1. The van der Waals surface area contributed by atoms with Crippen LogP contribution in [0.3, 0.4) is 0 Å². The molecule has 0 aromatic heterocycles. The van der Waals surface area contributed by atoms with Crippen molar-refractivity contribution in [2.45, 2.75) is 369 Å². The van der Waals surface area contributed by atoms with Crippen molar-refractivity contribution in [3.8, 4) is 11.5 Å². The summed E-state index contributed by atoms with van der Waals surface area (Å²) in [5.74, 6) is 6.19. The average Bonchev–Trinajstić information content (AvgIpc) is 0.674. The van der Waals surface area contributed by atoms with Gasteiger partial charge in [0.2, 0.25) is 5.91 Å². The van der Waals surface area contributed by atoms with E-state index in [0.29, 0.717) is 84.2 Å². The number of benzene rings is 2. The van der Waals surface area contributed by atoms with Crippen molar-refractivity contribution in [2.24, 2.45) is 153 Å². The third-order valence-electron chi connectivity index (χ3n) is 39.3. The molecule has 120 heavy (non-hydrogen) atoms. The quantitative estimate of drug-likeness (QED) is 0.0190. The second kappa shape index (κ2) is 34.9. The van der Waals surface area contributed by atoms with Crippen LogP contribution < -0.4 is 10.1 Å². The minimum absolute atomic E-state index is 0.00261. The summed E-state index contributed by atoms with van der Waals surface area (Å²) < 4.78 is 46.5. The number of nitrogens with one attached hydrogen (secondary N) is 1. The van der Waals surface area contributed by atoms with Crippen LogP contribution in [0.5, 0.6) is 11.5 Å². The maximum atomic E-state index is 13.8. The Bertz CT molecular complexity index is 4130. The number of unbranched alkanes of at least 4 members (excludes halogenated alkanes) is 7. The van der Waals surface area contributed by atoms with Crippen molar-refractivity contribution in [1.82, 2.24) is 5.32 Å². The lowest BCUT2D eigenvalue weighted by Gasteiger charge is -2.72. The van der Waals surface area contributed by atoms with Crippen LogP contribution in [0.15, 0.2) is 76.9 Å². The van der Waals surface area contributed by atoms with Gasteiger partial charge in [-0.05, 0) is 311 Å². The molecule has 14 nitrogen and oxygen atoms in total.